The Morgan fingerprint density at radius 3 is 2.48 bits per heavy atom. The highest BCUT2D eigenvalue weighted by Crippen LogP contribution is 2.30. The number of carbonyl (C=O) groups excluding carboxylic acids is 1. The zero-order valence-corrected chi connectivity index (χ0v) is 14.2. The second-order valence-electron chi connectivity index (χ2n) is 5.85. The van der Waals surface area contributed by atoms with Gasteiger partial charge in [0.15, 0.2) is 5.75 Å². The number of rotatable bonds is 5. The van der Waals surface area contributed by atoms with Crippen LogP contribution in [0.4, 0.5) is 5.69 Å². The third-order valence-electron chi connectivity index (χ3n) is 4.11. The van der Waals surface area contributed by atoms with Crippen molar-refractivity contribution in [3.8, 4) is 5.75 Å². The van der Waals surface area contributed by atoms with E-state index in [0.29, 0.717) is 10.6 Å². The Hall–Kier alpha value is -2.60. The molecule has 2 aromatic rings. The number of halogens is 1. The summed E-state index contributed by atoms with van der Waals surface area (Å²) in [5.41, 5.74) is 1.32. The SMILES string of the molecule is O=C(c1ccc(COc2cc(Cl)ccc2[N+](=O)[O-])cc1)N1CCCC1. The first-order valence-corrected chi connectivity index (χ1v) is 8.37. The Bertz CT molecular complexity index is 786. The molecule has 0 N–H and O–H groups in total. The molecule has 0 spiro atoms. The number of nitro benzene ring substituents is 1. The summed E-state index contributed by atoms with van der Waals surface area (Å²) in [7, 11) is 0. The highest BCUT2D eigenvalue weighted by atomic mass is 35.5. The van der Waals surface area contributed by atoms with Crippen molar-refractivity contribution >= 4 is 23.2 Å². The average Bonchev–Trinajstić information content (AvgIpc) is 3.14. The molecule has 0 aromatic heterocycles. The molecule has 2 aromatic carbocycles. The molecular weight excluding hydrogens is 344 g/mol. The minimum Gasteiger partial charge on any atom is -0.482 e. The lowest BCUT2D eigenvalue weighted by Crippen LogP contribution is -2.27. The van der Waals surface area contributed by atoms with Crippen molar-refractivity contribution in [2.75, 3.05) is 13.1 Å². The number of ether oxygens (including phenoxy) is 1. The van der Waals surface area contributed by atoms with E-state index in [9.17, 15) is 14.9 Å². The summed E-state index contributed by atoms with van der Waals surface area (Å²) < 4.78 is 5.54. The third-order valence-corrected chi connectivity index (χ3v) is 4.34. The van der Waals surface area contributed by atoms with Crippen molar-refractivity contribution in [2.45, 2.75) is 19.4 Å². The molecule has 3 rings (SSSR count). The molecule has 6 nitrogen and oxygen atoms in total. The Kier molecular flexibility index (Phi) is 5.19. The Balaban J connectivity index is 1.67. The molecule has 1 saturated heterocycles. The van der Waals surface area contributed by atoms with Crippen molar-refractivity contribution < 1.29 is 14.5 Å². The van der Waals surface area contributed by atoms with Crippen LogP contribution in [0.3, 0.4) is 0 Å². The van der Waals surface area contributed by atoms with Crippen molar-refractivity contribution in [2.24, 2.45) is 0 Å². The van der Waals surface area contributed by atoms with Crippen molar-refractivity contribution in [1.29, 1.82) is 0 Å². The smallest absolute Gasteiger partial charge is 0.311 e. The maximum atomic E-state index is 12.3. The molecule has 1 amide bonds. The van der Waals surface area contributed by atoms with Gasteiger partial charge in [0, 0.05) is 35.8 Å². The van der Waals surface area contributed by atoms with Crippen LogP contribution in [-0.4, -0.2) is 28.8 Å². The zero-order valence-electron chi connectivity index (χ0n) is 13.5. The molecule has 1 aliphatic heterocycles. The lowest BCUT2D eigenvalue weighted by molar-refractivity contribution is -0.385. The summed E-state index contributed by atoms with van der Waals surface area (Å²) in [4.78, 5) is 24.7. The van der Waals surface area contributed by atoms with Crippen molar-refractivity contribution in [1.82, 2.24) is 4.90 Å². The standard InChI is InChI=1S/C18H17ClN2O4/c19-15-7-8-16(21(23)24)17(11-15)25-12-13-3-5-14(6-4-13)18(22)20-9-1-2-10-20/h3-8,11H,1-2,9-10,12H2. The van der Waals surface area contributed by atoms with Crippen LogP contribution >= 0.6 is 11.6 Å². The minimum absolute atomic E-state index is 0.0375. The lowest BCUT2D eigenvalue weighted by Gasteiger charge is -2.15. The van der Waals surface area contributed by atoms with Crippen LogP contribution in [0, 0.1) is 10.1 Å². The predicted molar refractivity (Wildman–Crippen MR) is 94.0 cm³/mol. The molecule has 7 heteroatoms. The van der Waals surface area contributed by atoms with Gasteiger partial charge in [-0.2, -0.15) is 0 Å². The fourth-order valence-electron chi connectivity index (χ4n) is 2.76. The topological polar surface area (TPSA) is 72.7 Å². The highest BCUT2D eigenvalue weighted by molar-refractivity contribution is 6.30. The monoisotopic (exact) mass is 360 g/mol. The third kappa shape index (κ3) is 4.09. The fourth-order valence-corrected chi connectivity index (χ4v) is 2.92. The summed E-state index contributed by atoms with van der Waals surface area (Å²) in [5.74, 6) is 0.158. The Morgan fingerprint density at radius 1 is 1.16 bits per heavy atom. The molecule has 130 valence electrons. The van der Waals surface area contributed by atoms with E-state index in [4.69, 9.17) is 16.3 Å². The van der Waals surface area contributed by atoms with Gasteiger partial charge in [0.05, 0.1) is 4.92 Å². The number of hydrogen-bond donors (Lipinski definition) is 0. The number of hydrogen-bond acceptors (Lipinski definition) is 4. The number of benzene rings is 2. The first-order chi connectivity index (χ1) is 12.0. The van der Waals surface area contributed by atoms with Gasteiger partial charge < -0.3 is 9.64 Å². The van der Waals surface area contributed by atoms with Gasteiger partial charge in [-0.05, 0) is 36.6 Å². The van der Waals surface area contributed by atoms with E-state index in [1.807, 2.05) is 4.90 Å². The summed E-state index contributed by atoms with van der Waals surface area (Å²) in [5, 5.41) is 11.4. The molecule has 0 bridgehead atoms. The zero-order chi connectivity index (χ0) is 17.8. The molecule has 1 heterocycles. The summed E-state index contributed by atoms with van der Waals surface area (Å²) in [6.45, 7) is 1.77. The van der Waals surface area contributed by atoms with Crippen LogP contribution in [0.25, 0.3) is 0 Å². The highest BCUT2D eigenvalue weighted by Gasteiger charge is 2.19. The van der Waals surface area contributed by atoms with Crippen LogP contribution in [0.2, 0.25) is 5.02 Å². The molecule has 1 fully saturated rings. The number of amides is 1. The predicted octanol–water partition coefficient (Wildman–Crippen LogP) is 4.06. The van der Waals surface area contributed by atoms with Gasteiger partial charge in [0.1, 0.15) is 6.61 Å². The van der Waals surface area contributed by atoms with E-state index >= 15 is 0 Å². The molecular formula is C18H17ClN2O4. The van der Waals surface area contributed by atoms with Gasteiger partial charge in [-0.1, -0.05) is 23.7 Å². The van der Waals surface area contributed by atoms with E-state index in [-0.39, 0.29) is 24.0 Å². The van der Waals surface area contributed by atoms with Gasteiger partial charge in [0.25, 0.3) is 5.91 Å². The van der Waals surface area contributed by atoms with Gasteiger partial charge in [0.2, 0.25) is 0 Å². The Morgan fingerprint density at radius 2 is 1.84 bits per heavy atom. The average molecular weight is 361 g/mol. The van der Waals surface area contributed by atoms with Gasteiger partial charge in [-0.15, -0.1) is 0 Å². The summed E-state index contributed by atoms with van der Waals surface area (Å²) in [6, 6.07) is 11.3. The van der Waals surface area contributed by atoms with Gasteiger partial charge >= 0.3 is 5.69 Å². The second kappa shape index (κ2) is 7.53. The summed E-state index contributed by atoms with van der Waals surface area (Å²) >= 11 is 5.88. The number of carbonyl (C=O) groups is 1. The van der Waals surface area contributed by atoms with E-state index in [1.54, 1.807) is 24.3 Å². The summed E-state index contributed by atoms with van der Waals surface area (Å²) in [6.07, 6.45) is 2.10. The van der Waals surface area contributed by atoms with Gasteiger partial charge in [-0.3, -0.25) is 14.9 Å². The normalized spacial score (nSPS) is 13.7. The van der Waals surface area contributed by atoms with Crippen LogP contribution in [0.1, 0.15) is 28.8 Å². The number of nitro groups is 1. The second-order valence-corrected chi connectivity index (χ2v) is 6.29. The maximum absolute atomic E-state index is 12.3. The van der Waals surface area contributed by atoms with E-state index < -0.39 is 4.92 Å². The Labute approximate surface area is 150 Å². The van der Waals surface area contributed by atoms with Crippen molar-refractivity contribution in [3.05, 3.63) is 68.7 Å². The maximum Gasteiger partial charge on any atom is 0.311 e. The molecule has 0 aliphatic carbocycles. The van der Waals surface area contributed by atoms with Gasteiger partial charge in [-0.25, -0.2) is 0 Å². The largest absolute Gasteiger partial charge is 0.482 e. The van der Waals surface area contributed by atoms with Crippen LogP contribution in [0.5, 0.6) is 5.75 Å². The number of nitrogens with zero attached hydrogens (tertiary/aromatic N) is 2. The van der Waals surface area contributed by atoms with Crippen LogP contribution in [0.15, 0.2) is 42.5 Å². The fraction of sp³-hybridized carbons (Fsp3) is 0.278. The first-order valence-electron chi connectivity index (χ1n) is 7.99. The quantitative estimate of drug-likeness (QED) is 0.595. The molecule has 25 heavy (non-hydrogen) atoms. The van der Waals surface area contributed by atoms with Crippen molar-refractivity contribution in [3.63, 3.8) is 0 Å². The minimum atomic E-state index is -0.510. The lowest BCUT2D eigenvalue weighted by atomic mass is 10.1. The van der Waals surface area contributed by atoms with Crippen LogP contribution < -0.4 is 4.74 Å². The van der Waals surface area contributed by atoms with Crippen LogP contribution in [-0.2, 0) is 6.61 Å². The molecule has 1 aliphatic rings. The number of likely N-dealkylation sites (tertiary alicyclic amines) is 1. The first kappa shape index (κ1) is 17.2. The van der Waals surface area contributed by atoms with E-state index in [2.05, 4.69) is 0 Å². The molecule has 0 unspecified atom stereocenters. The molecule has 0 saturated carbocycles. The molecule has 0 atom stereocenters. The van der Waals surface area contributed by atoms with E-state index in [0.717, 1.165) is 31.5 Å². The van der Waals surface area contributed by atoms with E-state index in [1.165, 1.54) is 18.2 Å². The molecule has 0 radical (unpaired) electrons.